The van der Waals surface area contributed by atoms with Crippen LogP contribution >= 0.6 is 11.6 Å². The summed E-state index contributed by atoms with van der Waals surface area (Å²) in [6.07, 6.45) is -0.374. The molecule has 7 nitrogen and oxygen atoms in total. The van der Waals surface area contributed by atoms with Crippen molar-refractivity contribution >= 4 is 74.7 Å². The molecule has 3 atom stereocenters. The van der Waals surface area contributed by atoms with Crippen molar-refractivity contribution in [2.24, 2.45) is 0 Å². The third kappa shape index (κ3) is 4.29. The van der Waals surface area contributed by atoms with Crippen molar-refractivity contribution < 1.29 is 28.0 Å². The third-order valence-corrected chi connectivity index (χ3v) is 6.77. The van der Waals surface area contributed by atoms with Gasteiger partial charge < -0.3 is 14.5 Å². The molecule has 15 heteroatoms. The molecule has 2 aliphatic rings. The topological polar surface area (TPSA) is 78.0 Å². The fourth-order valence-electron chi connectivity index (χ4n) is 4.28. The normalized spacial score (nSPS) is 22.7. The van der Waals surface area contributed by atoms with Gasteiger partial charge in [0.25, 0.3) is 11.8 Å². The zero-order valence-corrected chi connectivity index (χ0v) is 19.9. The van der Waals surface area contributed by atoms with E-state index in [1.165, 1.54) is 30.3 Å². The molecule has 1 saturated heterocycles. The van der Waals surface area contributed by atoms with Gasteiger partial charge >= 0.3 is 5.92 Å². The SMILES string of the molecule is [B]C(c1ccc2c(c1)CN([C@@]1([B])C(=O)N([B])C(=O)CC1[B])C2=O)N([B])C(=O)C(F)(F)c1ccc(Cl)cc1. The number of hydrogen-bond donors (Lipinski definition) is 0. The zero-order valence-electron chi connectivity index (χ0n) is 19.1. The van der Waals surface area contributed by atoms with E-state index < -0.39 is 52.3 Å². The number of amides is 4. The van der Waals surface area contributed by atoms with Crippen molar-refractivity contribution in [2.45, 2.75) is 36.1 Å². The van der Waals surface area contributed by atoms with Gasteiger partial charge in [0.2, 0.25) is 27.8 Å². The monoisotopic (exact) mass is 511 g/mol. The molecule has 1 fully saturated rings. The van der Waals surface area contributed by atoms with Gasteiger partial charge in [0.05, 0.1) is 13.3 Å². The number of halogens is 3. The Morgan fingerprint density at radius 3 is 2.41 bits per heavy atom. The summed E-state index contributed by atoms with van der Waals surface area (Å²) in [5, 5.41) is 0.205. The second-order valence-electron chi connectivity index (χ2n) is 8.75. The summed E-state index contributed by atoms with van der Waals surface area (Å²) in [5.74, 6) is -11.0. The first-order valence-corrected chi connectivity index (χ1v) is 11.2. The third-order valence-electron chi connectivity index (χ3n) is 6.52. The van der Waals surface area contributed by atoms with Gasteiger partial charge in [0.1, 0.15) is 15.7 Å². The van der Waals surface area contributed by atoms with E-state index in [2.05, 4.69) is 0 Å². The van der Waals surface area contributed by atoms with Crippen LogP contribution in [-0.2, 0) is 26.9 Å². The number of carbonyl (C=O) groups is 4. The molecule has 0 aliphatic carbocycles. The van der Waals surface area contributed by atoms with Gasteiger partial charge in [-0.25, -0.2) is 0 Å². The maximum atomic E-state index is 14.8. The van der Waals surface area contributed by atoms with Crippen molar-refractivity contribution in [3.05, 3.63) is 69.7 Å². The molecule has 10 radical (unpaired) electrons. The van der Waals surface area contributed by atoms with Crippen molar-refractivity contribution in [1.82, 2.24) is 14.5 Å². The van der Waals surface area contributed by atoms with Crippen molar-refractivity contribution in [2.75, 3.05) is 0 Å². The summed E-state index contributed by atoms with van der Waals surface area (Å²) in [6.45, 7) is -0.230. The Morgan fingerprint density at radius 1 is 1.16 bits per heavy atom. The van der Waals surface area contributed by atoms with Gasteiger partial charge in [-0.1, -0.05) is 35.9 Å². The van der Waals surface area contributed by atoms with E-state index in [1.54, 1.807) is 0 Å². The lowest BCUT2D eigenvalue weighted by Crippen LogP contribution is -2.66. The molecule has 2 unspecified atom stereocenters. The Kier molecular flexibility index (Phi) is 6.86. The molecular weight excluding hydrogens is 498 g/mol. The Morgan fingerprint density at radius 2 is 1.78 bits per heavy atom. The predicted molar refractivity (Wildman–Crippen MR) is 133 cm³/mol. The number of alkyl halides is 2. The number of piperidine rings is 1. The fourth-order valence-corrected chi connectivity index (χ4v) is 4.40. The van der Waals surface area contributed by atoms with Crippen LogP contribution < -0.4 is 0 Å². The molecule has 0 spiro atoms. The van der Waals surface area contributed by atoms with E-state index >= 15 is 0 Å². The quantitative estimate of drug-likeness (QED) is 0.441. The smallest absolute Gasteiger partial charge is 0.348 e. The molecular formula is C22H13B5ClF2N3O4. The van der Waals surface area contributed by atoms with Crippen LogP contribution in [0, 0.1) is 0 Å². The number of nitrogens with zero attached hydrogens (tertiary/aromatic N) is 3. The summed E-state index contributed by atoms with van der Waals surface area (Å²) >= 11 is 5.72. The largest absolute Gasteiger partial charge is 0.393 e. The number of hydrogen-bond acceptors (Lipinski definition) is 4. The van der Waals surface area contributed by atoms with E-state index in [4.69, 9.17) is 51.1 Å². The second-order valence-corrected chi connectivity index (χ2v) is 9.19. The van der Waals surface area contributed by atoms with Crippen LogP contribution in [0.3, 0.4) is 0 Å². The van der Waals surface area contributed by atoms with Crippen LogP contribution in [-0.4, -0.2) is 83.1 Å². The molecule has 2 aromatic rings. The Bertz CT molecular complexity index is 1320. The highest BCUT2D eigenvalue weighted by Crippen LogP contribution is 2.40. The molecule has 176 valence electrons. The van der Waals surface area contributed by atoms with Gasteiger partial charge in [-0.15, -0.1) is 0 Å². The van der Waals surface area contributed by atoms with Crippen molar-refractivity contribution in [1.29, 1.82) is 0 Å². The van der Waals surface area contributed by atoms with Crippen molar-refractivity contribution in [3.8, 4) is 0 Å². The highest BCUT2D eigenvalue weighted by molar-refractivity contribution is 6.42. The molecule has 4 rings (SSSR count). The summed E-state index contributed by atoms with van der Waals surface area (Å²) in [6, 6.07) is 8.42. The number of benzene rings is 2. The molecule has 0 N–H and O–H groups in total. The highest BCUT2D eigenvalue weighted by Gasteiger charge is 2.53. The van der Waals surface area contributed by atoms with Crippen molar-refractivity contribution in [3.63, 3.8) is 0 Å². The Hall–Kier alpha value is -3.01. The Labute approximate surface area is 222 Å². The first-order chi connectivity index (χ1) is 17.2. The molecule has 0 saturated carbocycles. The van der Waals surface area contributed by atoms with Crippen LogP contribution in [0.4, 0.5) is 8.78 Å². The van der Waals surface area contributed by atoms with Gasteiger partial charge in [-0.3, -0.25) is 19.2 Å². The summed E-state index contributed by atoms with van der Waals surface area (Å²) in [7, 11) is 29.4. The molecule has 4 amide bonds. The first-order valence-electron chi connectivity index (χ1n) is 10.8. The molecule has 37 heavy (non-hydrogen) atoms. The lowest BCUT2D eigenvalue weighted by molar-refractivity contribution is -0.154. The standard InChI is InChI=1S/C22H13B5ClF2N3O4/c23-15-8-16(34)32(26)19(36)21(15,25)31-9-11-7-10(1-6-14(11)18(31)35)17(24)33(27)20(37)22(29,30)12-2-4-13(28)5-3-12/h1-7,15,17H,8-9H2/t15?,17?,21-/m1/s1. The van der Waals surface area contributed by atoms with Gasteiger partial charge in [0.15, 0.2) is 0 Å². The van der Waals surface area contributed by atoms with Crippen LogP contribution in [0.5, 0.6) is 0 Å². The fraction of sp³-hybridized carbons (Fsp3) is 0.273. The minimum Gasteiger partial charge on any atom is -0.393 e. The van der Waals surface area contributed by atoms with Crippen LogP contribution in [0.25, 0.3) is 0 Å². The second kappa shape index (κ2) is 9.38. The summed E-state index contributed by atoms with van der Waals surface area (Å²) in [5.41, 5.74) is -2.18. The minimum absolute atomic E-state index is 0.122. The van der Waals surface area contributed by atoms with Gasteiger partial charge in [0, 0.05) is 35.1 Å². The minimum atomic E-state index is -4.00. The average Bonchev–Trinajstić information content (AvgIpc) is 3.21. The van der Waals surface area contributed by atoms with E-state index in [1.807, 2.05) is 0 Å². The van der Waals surface area contributed by atoms with Crippen LogP contribution in [0.1, 0.15) is 39.4 Å². The summed E-state index contributed by atoms with van der Waals surface area (Å²) < 4.78 is 29.6. The van der Waals surface area contributed by atoms with Crippen LogP contribution in [0.2, 0.25) is 10.8 Å². The molecule has 2 heterocycles. The van der Waals surface area contributed by atoms with Gasteiger partial charge in [-0.2, -0.15) is 8.78 Å². The van der Waals surface area contributed by atoms with Crippen LogP contribution in [0.15, 0.2) is 42.5 Å². The summed E-state index contributed by atoms with van der Waals surface area (Å²) in [4.78, 5) is 51.7. The number of imide groups is 1. The maximum Gasteiger partial charge on any atom is 0.348 e. The number of rotatable bonds is 5. The Balaban J connectivity index is 1.58. The van der Waals surface area contributed by atoms with E-state index in [0.29, 0.717) is 10.4 Å². The number of carbonyl (C=O) groups excluding carboxylic acids is 4. The highest BCUT2D eigenvalue weighted by atomic mass is 35.5. The molecule has 2 aliphatic heterocycles. The number of fused-ring (bicyclic) bond motifs is 1. The molecule has 2 aromatic carbocycles. The first kappa shape index (κ1) is 27.0. The zero-order chi connectivity index (χ0) is 27.4. The van der Waals surface area contributed by atoms with E-state index in [9.17, 15) is 28.0 Å². The molecule has 0 aromatic heterocycles. The maximum absolute atomic E-state index is 14.8. The predicted octanol–water partition coefficient (Wildman–Crippen LogP) is 0.831. The average molecular weight is 511 g/mol. The molecule has 0 bridgehead atoms. The lowest BCUT2D eigenvalue weighted by atomic mass is 9.55. The van der Waals surface area contributed by atoms with E-state index in [0.717, 1.165) is 17.0 Å². The van der Waals surface area contributed by atoms with Gasteiger partial charge in [-0.05, 0) is 35.1 Å². The lowest BCUT2D eigenvalue weighted by Gasteiger charge is -2.48. The van der Waals surface area contributed by atoms with E-state index in [-0.39, 0.29) is 33.9 Å².